The number of hydrogen-bond acceptors (Lipinski definition) is 2. The van der Waals surface area contributed by atoms with Crippen LogP contribution in [0.25, 0.3) is 10.8 Å². The van der Waals surface area contributed by atoms with E-state index in [9.17, 15) is 14.0 Å². The average Bonchev–Trinajstić information content (AvgIpc) is 2.76. The normalized spacial score (nSPS) is 12.0. The Kier molecular flexibility index (Phi) is 7.40. The molecule has 0 heterocycles. The Hall–Kier alpha value is -3.21. The van der Waals surface area contributed by atoms with Crippen LogP contribution in [0.1, 0.15) is 38.3 Å². The van der Waals surface area contributed by atoms with Crippen LogP contribution >= 0.6 is 0 Å². The number of carbonyl (C=O) groups excluding carboxylic acids is 2. The summed E-state index contributed by atoms with van der Waals surface area (Å²) in [4.78, 5) is 27.4. The largest absolute Gasteiger partial charge is 0.352 e. The summed E-state index contributed by atoms with van der Waals surface area (Å²) in [5, 5.41) is 5.15. The maximum atomic E-state index is 13.3. The molecule has 0 saturated carbocycles. The number of aryl methyl sites for hydroxylation is 1. The first-order chi connectivity index (χ1) is 14.8. The van der Waals surface area contributed by atoms with Gasteiger partial charge in [0.15, 0.2) is 0 Å². The van der Waals surface area contributed by atoms with Crippen molar-refractivity contribution in [3.05, 3.63) is 83.7 Å². The van der Waals surface area contributed by atoms with E-state index in [-0.39, 0.29) is 36.6 Å². The minimum atomic E-state index is -0.632. The van der Waals surface area contributed by atoms with Crippen molar-refractivity contribution >= 4 is 22.6 Å². The summed E-state index contributed by atoms with van der Waals surface area (Å²) in [6.45, 7) is 5.76. The summed E-state index contributed by atoms with van der Waals surface area (Å²) >= 11 is 0. The molecule has 3 aromatic carbocycles. The Morgan fingerprint density at radius 3 is 2.32 bits per heavy atom. The second kappa shape index (κ2) is 10.2. The quantitative estimate of drug-likeness (QED) is 0.566. The number of benzene rings is 3. The number of hydrogen-bond donors (Lipinski definition) is 1. The third-order valence-corrected chi connectivity index (χ3v) is 5.35. The Morgan fingerprint density at radius 2 is 1.61 bits per heavy atom. The van der Waals surface area contributed by atoms with Gasteiger partial charge in [0.1, 0.15) is 11.9 Å². The number of halogens is 1. The molecule has 1 atom stereocenters. The zero-order chi connectivity index (χ0) is 22.4. The van der Waals surface area contributed by atoms with Gasteiger partial charge in [-0.05, 0) is 61.2 Å². The molecule has 0 aliphatic heterocycles. The fourth-order valence-electron chi connectivity index (χ4n) is 3.67. The van der Waals surface area contributed by atoms with Gasteiger partial charge < -0.3 is 10.2 Å². The minimum Gasteiger partial charge on any atom is -0.352 e. The fraction of sp³-hybridized carbons (Fsp3) is 0.308. The molecule has 1 N–H and O–H groups in total. The first kappa shape index (κ1) is 22.5. The molecule has 3 rings (SSSR count). The highest BCUT2D eigenvalue weighted by Crippen LogP contribution is 2.21. The van der Waals surface area contributed by atoms with E-state index in [2.05, 4.69) is 23.5 Å². The third-order valence-electron chi connectivity index (χ3n) is 5.35. The van der Waals surface area contributed by atoms with E-state index in [0.29, 0.717) is 6.42 Å². The van der Waals surface area contributed by atoms with Crippen LogP contribution in [0.5, 0.6) is 0 Å². The van der Waals surface area contributed by atoms with Gasteiger partial charge in [-0.2, -0.15) is 0 Å². The van der Waals surface area contributed by atoms with E-state index in [1.165, 1.54) is 12.1 Å². The predicted molar refractivity (Wildman–Crippen MR) is 122 cm³/mol. The maximum Gasteiger partial charge on any atom is 0.242 e. The van der Waals surface area contributed by atoms with Gasteiger partial charge in [0.25, 0.3) is 0 Å². The number of rotatable bonds is 8. The van der Waals surface area contributed by atoms with Crippen molar-refractivity contribution in [3.8, 4) is 0 Å². The molecule has 3 aromatic rings. The molecule has 0 spiro atoms. The van der Waals surface area contributed by atoms with Crippen LogP contribution < -0.4 is 5.32 Å². The first-order valence-corrected chi connectivity index (χ1v) is 10.7. The Bertz CT molecular complexity index is 1040. The molecular weight excluding hydrogens is 391 g/mol. The van der Waals surface area contributed by atoms with Crippen LogP contribution in [0.4, 0.5) is 4.39 Å². The molecule has 0 aliphatic carbocycles. The Labute approximate surface area is 183 Å². The Balaban J connectivity index is 1.78. The van der Waals surface area contributed by atoms with E-state index in [0.717, 1.165) is 21.9 Å². The number of amides is 2. The fourth-order valence-corrected chi connectivity index (χ4v) is 3.67. The van der Waals surface area contributed by atoms with Crippen molar-refractivity contribution in [2.75, 3.05) is 0 Å². The molecule has 0 saturated heterocycles. The molecule has 0 fully saturated rings. The predicted octanol–water partition coefficient (Wildman–Crippen LogP) is 4.85. The smallest absolute Gasteiger partial charge is 0.242 e. The summed E-state index contributed by atoms with van der Waals surface area (Å²) in [6, 6.07) is 19.6. The minimum absolute atomic E-state index is 0.0200. The van der Waals surface area contributed by atoms with Crippen molar-refractivity contribution in [1.29, 1.82) is 0 Å². The standard InChI is InChI=1S/C26H29FN2O2/c1-18(2)28-26(31)19(3)29(17-20-11-14-23(27)15-12-20)25(30)16-13-22-9-6-8-21-7-4-5-10-24(21)22/h4-12,14-15,18-19H,13,16-17H2,1-3H3,(H,28,31). The van der Waals surface area contributed by atoms with Gasteiger partial charge in [0.2, 0.25) is 11.8 Å². The SMILES string of the molecule is CC(C)NC(=O)C(C)N(Cc1ccc(F)cc1)C(=O)CCc1cccc2ccccc12. The van der Waals surface area contributed by atoms with Crippen molar-refractivity contribution in [2.24, 2.45) is 0 Å². The van der Waals surface area contributed by atoms with E-state index < -0.39 is 6.04 Å². The van der Waals surface area contributed by atoms with Gasteiger partial charge in [-0.25, -0.2) is 4.39 Å². The van der Waals surface area contributed by atoms with Gasteiger partial charge >= 0.3 is 0 Å². The number of nitrogens with zero attached hydrogens (tertiary/aromatic N) is 1. The van der Waals surface area contributed by atoms with Gasteiger partial charge in [0.05, 0.1) is 0 Å². The van der Waals surface area contributed by atoms with Crippen LogP contribution in [0.15, 0.2) is 66.7 Å². The second-order valence-corrected chi connectivity index (χ2v) is 8.13. The van der Waals surface area contributed by atoms with E-state index in [4.69, 9.17) is 0 Å². The zero-order valence-electron chi connectivity index (χ0n) is 18.3. The first-order valence-electron chi connectivity index (χ1n) is 10.7. The van der Waals surface area contributed by atoms with E-state index in [1.54, 1.807) is 24.0 Å². The van der Waals surface area contributed by atoms with Crippen molar-refractivity contribution in [2.45, 2.75) is 52.2 Å². The third kappa shape index (κ3) is 5.91. The van der Waals surface area contributed by atoms with E-state index in [1.807, 2.05) is 38.1 Å². The Morgan fingerprint density at radius 1 is 0.935 bits per heavy atom. The van der Waals surface area contributed by atoms with Gasteiger partial charge in [0, 0.05) is 19.0 Å². The zero-order valence-corrected chi connectivity index (χ0v) is 18.3. The average molecular weight is 421 g/mol. The number of carbonyl (C=O) groups is 2. The molecule has 2 amide bonds. The highest BCUT2D eigenvalue weighted by molar-refractivity contribution is 5.89. The lowest BCUT2D eigenvalue weighted by molar-refractivity contribution is -0.140. The molecular formula is C26H29FN2O2. The maximum absolute atomic E-state index is 13.3. The van der Waals surface area contributed by atoms with Gasteiger partial charge in [-0.3, -0.25) is 9.59 Å². The lowest BCUT2D eigenvalue weighted by Gasteiger charge is -2.29. The molecule has 1 unspecified atom stereocenters. The molecule has 4 nitrogen and oxygen atoms in total. The highest BCUT2D eigenvalue weighted by atomic mass is 19.1. The summed E-state index contributed by atoms with van der Waals surface area (Å²) < 4.78 is 13.3. The summed E-state index contributed by atoms with van der Waals surface area (Å²) in [5.41, 5.74) is 1.89. The van der Waals surface area contributed by atoms with E-state index >= 15 is 0 Å². The van der Waals surface area contributed by atoms with Gasteiger partial charge in [-0.15, -0.1) is 0 Å². The summed E-state index contributed by atoms with van der Waals surface area (Å²) in [5.74, 6) is -0.637. The molecule has 0 radical (unpaired) electrons. The van der Waals surface area contributed by atoms with Crippen molar-refractivity contribution < 1.29 is 14.0 Å². The van der Waals surface area contributed by atoms with Crippen LogP contribution in [0, 0.1) is 5.82 Å². The molecule has 31 heavy (non-hydrogen) atoms. The molecule has 0 aliphatic rings. The highest BCUT2D eigenvalue weighted by Gasteiger charge is 2.26. The molecule has 0 aromatic heterocycles. The molecule has 0 bridgehead atoms. The topological polar surface area (TPSA) is 49.4 Å². The lowest BCUT2D eigenvalue weighted by atomic mass is 10.0. The summed E-state index contributed by atoms with van der Waals surface area (Å²) in [7, 11) is 0. The van der Waals surface area contributed by atoms with Crippen LogP contribution in [-0.2, 0) is 22.6 Å². The second-order valence-electron chi connectivity index (χ2n) is 8.13. The monoisotopic (exact) mass is 420 g/mol. The molecule has 5 heteroatoms. The van der Waals surface area contributed by atoms with Crippen LogP contribution in [0.3, 0.4) is 0 Å². The summed E-state index contributed by atoms with van der Waals surface area (Å²) in [6.07, 6.45) is 0.868. The number of fused-ring (bicyclic) bond motifs is 1. The number of nitrogens with one attached hydrogen (secondary N) is 1. The molecule has 162 valence electrons. The van der Waals surface area contributed by atoms with Crippen LogP contribution in [-0.4, -0.2) is 28.8 Å². The van der Waals surface area contributed by atoms with Crippen LogP contribution in [0.2, 0.25) is 0 Å². The van der Waals surface area contributed by atoms with Gasteiger partial charge in [-0.1, -0.05) is 54.6 Å². The van der Waals surface area contributed by atoms with Crippen molar-refractivity contribution in [1.82, 2.24) is 10.2 Å². The lowest BCUT2D eigenvalue weighted by Crippen LogP contribution is -2.49. The van der Waals surface area contributed by atoms with Crippen molar-refractivity contribution in [3.63, 3.8) is 0 Å².